The first-order chi connectivity index (χ1) is 9.58. The quantitative estimate of drug-likeness (QED) is 0.746. The van der Waals surface area contributed by atoms with E-state index in [1.165, 1.54) is 11.1 Å². The zero-order valence-electron chi connectivity index (χ0n) is 11.1. The number of aryl methyl sites for hydroxylation is 2. The molecule has 0 bridgehead atoms. The second-order valence-electron chi connectivity index (χ2n) is 4.68. The molecule has 2 heterocycles. The van der Waals surface area contributed by atoms with Crippen molar-refractivity contribution >= 4 is 21.7 Å². The maximum atomic E-state index is 5.97. The number of hydrogen-bond donors (Lipinski definition) is 1. The number of nitrogen functional groups attached to an aromatic ring is 1. The fourth-order valence-electron chi connectivity index (χ4n) is 2.12. The van der Waals surface area contributed by atoms with Crippen molar-refractivity contribution in [3.63, 3.8) is 0 Å². The number of halogens is 1. The Morgan fingerprint density at radius 3 is 2.60 bits per heavy atom. The summed E-state index contributed by atoms with van der Waals surface area (Å²) in [5.74, 6) is 0.975. The van der Waals surface area contributed by atoms with E-state index in [0.29, 0.717) is 16.2 Å². The summed E-state index contributed by atoms with van der Waals surface area (Å²) >= 11 is 3.35. The standard InChI is InChI=1S/C15H13BrN2O2/c1-8-3-4-10(7-9(8)2)12-13(20-18-15(12)17)11-5-6-19-14(11)16/h3-7H,1-2H3,(H2,17,18). The molecule has 4 nitrogen and oxygen atoms in total. The Bertz CT molecular complexity index is 774. The van der Waals surface area contributed by atoms with Crippen LogP contribution in [0.4, 0.5) is 5.82 Å². The minimum Gasteiger partial charge on any atom is -0.457 e. The van der Waals surface area contributed by atoms with Crippen LogP contribution in [0.1, 0.15) is 11.1 Å². The summed E-state index contributed by atoms with van der Waals surface area (Å²) in [5, 5.41) is 3.88. The third kappa shape index (κ3) is 2.04. The van der Waals surface area contributed by atoms with Crippen LogP contribution in [0.3, 0.4) is 0 Å². The highest BCUT2D eigenvalue weighted by atomic mass is 79.9. The van der Waals surface area contributed by atoms with E-state index in [0.717, 1.165) is 16.7 Å². The highest BCUT2D eigenvalue weighted by Crippen LogP contribution is 2.40. The molecular formula is C15H13BrN2O2. The molecule has 3 rings (SSSR count). The molecule has 0 atom stereocenters. The first kappa shape index (κ1) is 13.0. The number of benzene rings is 1. The molecule has 102 valence electrons. The molecule has 5 heteroatoms. The summed E-state index contributed by atoms with van der Waals surface area (Å²) in [6.45, 7) is 4.14. The van der Waals surface area contributed by atoms with Gasteiger partial charge in [0.1, 0.15) is 0 Å². The molecule has 0 aliphatic carbocycles. The van der Waals surface area contributed by atoms with Gasteiger partial charge in [-0.2, -0.15) is 0 Å². The van der Waals surface area contributed by atoms with Gasteiger partial charge >= 0.3 is 0 Å². The van der Waals surface area contributed by atoms with E-state index < -0.39 is 0 Å². The van der Waals surface area contributed by atoms with Gasteiger partial charge in [0, 0.05) is 0 Å². The van der Waals surface area contributed by atoms with Crippen molar-refractivity contribution in [2.75, 3.05) is 5.73 Å². The molecule has 0 amide bonds. The largest absolute Gasteiger partial charge is 0.457 e. The Morgan fingerprint density at radius 2 is 1.95 bits per heavy atom. The molecule has 0 spiro atoms. The maximum Gasteiger partial charge on any atom is 0.181 e. The number of aromatic nitrogens is 1. The molecule has 0 fully saturated rings. The van der Waals surface area contributed by atoms with E-state index in [2.05, 4.69) is 47.1 Å². The van der Waals surface area contributed by atoms with E-state index in [1.807, 2.05) is 12.1 Å². The Balaban J connectivity index is 2.21. The summed E-state index contributed by atoms with van der Waals surface area (Å²) in [7, 11) is 0. The van der Waals surface area contributed by atoms with Crippen LogP contribution in [0.5, 0.6) is 0 Å². The van der Waals surface area contributed by atoms with Gasteiger partial charge in [0.05, 0.1) is 17.4 Å². The Kier molecular flexibility index (Phi) is 3.14. The Labute approximate surface area is 124 Å². The third-order valence-corrected chi connectivity index (χ3v) is 3.99. The van der Waals surface area contributed by atoms with Crippen molar-refractivity contribution in [2.45, 2.75) is 13.8 Å². The van der Waals surface area contributed by atoms with Crippen LogP contribution in [0.2, 0.25) is 0 Å². The predicted molar refractivity (Wildman–Crippen MR) is 81.2 cm³/mol. The second-order valence-corrected chi connectivity index (χ2v) is 5.40. The number of furan rings is 1. The topological polar surface area (TPSA) is 65.2 Å². The van der Waals surface area contributed by atoms with E-state index >= 15 is 0 Å². The highest BCUT2D eigenvalue weighted by molar-refractivity contribution is 9.10. The lowest BCUT2D eigenvalue weighted by atomic mass is 9.99. The van der Waals surface area contributed by atoms with Crippen molar-refractivity contribution < 1.29 is 8.94 Å². The minimum atomic E-state index is 0.372. The van der Waals surface area contributed by atoms with E-state index in [1.54, 1.807) is 6.26 Å². The van der Waals surface area contributed by atoms with Gasteiger partial charge in [-0.05, 0) is 52.5 Å². The fourth-order valence-corrected chi connectivity index (χ4v) is 2.54. The van der Waals surface area contributed by atoms with Gasteiger partial charge in [-0.3, -0.25) is 0 Å². The highest BCUT2D eigenvalue weighted by Gasteiger charge is 2.21. The molecule has 2 aromatic heterocycles. The van der Waals surface area contributed by atoms with Gasteiger partial charge in [0.25, 0.3) is 0 Å². The van der Waals surface area contributed by atoms with Gasteiger partial charge in [0.15, 0.2) is 16.2 Å². The van der Waals surface area contributed by atoms with E-state index in [4.69, 9.17) is 14.7 Å². The van der Waals surface area contributed by atoms with Crippen LogP contribution in [0.15, 0.2) is 44.1 Å². The minimum absolute atomic E-state index is 0.372. The molecule has 0 saturated heterocycles. The van der Waals surface area contributed by atoms with Crippen molar-refractivity contribution in [3.05, 3.63) is 46.3 Å². The predicted octanol–water partition coefficient (Wildman–Crippen LogP) is 4.56. The molecule has 0 aliphatic rings. The lowest BCUT2D eigenvalue weighted by molar-refractivity contribution is 0.434. The lowest BCUT2D eigenvalue weighted by Gasteiger charge is -2.05. The van der Waals surface area contributed by atoms with Crippen LogP contribution in [0.25, 0.3) is 22.5 Å². The fraction of sp³-hybridized carbons (Fsp3) is 0.133. The van der Waals surface area contributed by atoms with Crippen molar-refractivity contribution in [1.29, 1.82) is 0 Å². The summed E-state index contributed by atoms with van der Waals surface area (Å²) in [4.78, 5) is 0. The SMILES string of the molecule is Cc1ccc(-c2c(N)noc2-c2ccoc2Br)cc1C. The van der Waals surface area contributed by atoms with Crippen LogP contribution in [-0.4, -0.2) is 5.16 Å². The molecule has 20 heavy (non-hydrogen) atoms. The van der Waals surface area contributed by atoms with Gasteiger partial charge in [-0.15, -0.1) is 0 Å². The summed E-state index contributed by atoms with van der Waals surface area (Å²) in [5.41, 5.74) is 11.0. The number of rotatable bonds is 2. The number of nitrogens with two attached hydrogens (primary N) is 1. The molecule has 3 aromatic rings. The average Bonchev–Trinajstić information content (AvgIpc) is 2.99. The van der Waals surface area contributed by atoms with Gasteiger partial charge in [-0.1, -0.05) is 23.4 Å². The zero-order chi connectivity index (χ0) is 14.3. The average molecular weight is 333 g/mol. The Hall–Kier alpha value is -2.01. The summed E-state index contributed by atoms with van der Waals surface area (Å²) in [6.07, 6.45) is 1.59. The van der Waals surface area contributed by atoms with Crippen molar-refractivity contribution in [1.82, 2.24) is 5.16 Å². The van der Waals surface area contributed by atoms with E-state index in [-0.39, 0.29) is 0 Å². The Morgan fingerprint density at radius 1 is 1.15 bits per heavy atom. The van der Waals surface area contributed by atoms with Crippen molar-refractivity contribution in [3.8, 4) is 22.5 Å². The van der Waals surface area contributed by atoms with Crippen LogP contribution in [0, 0.1) is 13.8 Å². The van der Waals surface area contributed by atoms with Gasteiger partial charge < -0.3 is 14.7 Å². The molecule has 0 radical (unpaired) electrons. The maximum absolute atomic E-state index is 5.97. The van der Waals surface area contributed by atoms with E-state index in [9.17, 15) is 0 Å². The third-order valence-electron chi connectivity index (χ3n) is 3.38. The van der Waals surface area contributed by atoms with Crippen LogP contribution >= 0.6 is 15.9 Å². The number of hydrogen-bond acceptors (Lipinski definition) is 4. The summed E-state index contributed by atoms with van der Waals surface area (Å²) < 4.78 is 11.2. The number of nitrogens with zero attached hydrogens (tertiary/aromatic N) is 1. The normalized spacial score (nSPS) is 10.9. The summed E-state index contributed by atoms with van der Waals surface area (Å²) in [6, 6.07) is 7.97. The van der Waals surface area contributed by atoms with Gasteiger partial charge in [-0.25, -0.2) is 0 Å². The van der Waals surface area contributed by atoms with Crippen LogP contribution < -0.4 is 5.73 Å². The van der Waals surface area contributed by atoms with Crippen LogP contribution in [-0.2, 0) is 0 Å². The smallest absolute Gasteiger partial charge is 0.181 e. The lowest BCUT2D eigenvalue weighted by Crippen LogP contribution is -1.90. The van der Waals surface area contributed by atoms with Crippen molar-refractivity contribution in [2.24, 2.45) is 0 Å². The molecule has 2 N–H and O–H groups in total. The molecule has 0 aliphatic heterocycles. The molecule has 0 saturated carbocycles. The first-order valence-corrected chi connectivity index (χ1v) is 6.93. The number of anilines is 1. The monoisotopic (exact) mass is 332 g/mol. The van der Waals surface area contributed by atoms with Gasteiger partial charge in [0.2, 0.25) is 0 Å². The molecule has 1 aromatic carbocycles. The second kappa shape index (κ2) is 4.83. The molecule has 0 unspecified atom stereocenters. The zero-order valence-corrected chi connectivity index (χ0v) is 12.7. The first-order valence-electron chi connectivity index (χ1n) is 6.14. The molecular weight excluding hydrogens is 320 g/mol.